The van der Waals surface area contributed by atoms with Gasteiger partial charge in [0.25, 0.3) is 0 Å². The molecule has 0 spiro atoms. The van der Waals surface area contributed by atoms with Crippen molar-refractivity contribution in [3.63, 3.8) is 0 Å². The minimum absolute atomic E-state index is 0.482. The minimum atomic E-state index is -1.64. The van der Waals surface area contributed by atoms with E-state index in [4.69, 9.17) is 26.2 Å². The van der Waals surface area contributed by atoms with Gasteiger partial charge in [-0.1, -0.05) is 0 Å². The molecule has 3 atom stereocenters. The van der Waals surface area contributed by atoms with E-state index in [9.17, 15) is 33.6 Å². The Labute approximate surface area is 175 Å². The highest BCUT2D eigenvalue weighted by Gasteiger charge is 2.31. The van der Waals surface area contributed by atoms with Gasteiger partial charge < -0.3 is 42.1 Å². The number of rotatable bonds is 15. The van der Waals surface area contributed by atoms with Crippen molar-refractivity contribution in [2.75, 3.05) is 6.54 Å². The molecule has 0 saturated heterocycles. The van der Waals surface area contributed by atoms with E-state index in [-0.39, 0.29) is 0 Å². The summed E-state index contributed by atoms with van der Waals surface area (Å²) >= 11 is 0. The van der Waals surface area contributed by atoms with Gasteiger partial charge in [-0.25, -0.2) is 4.79 Å². The SMILES string of the molecule is NCC(=O)NC(CC(=O)O)C(=O)NC(CCC(=O)O)C(=O)NC(CCC(=O)O)C(=O)O. The molecular weight excluding hydrogens is 424 g/mol. The molecule has 0 aromatic rings. The summed E-state index contributed by atoms with van der Waals surface area (Å²) in [6.07, 6.45) is -3.06. The smallest absolute Gasteiger partial charge is 0.326 e. The fourth-order valence-electron chi connectivity index (χ4n) is 2.24. The average Bonchev–Trinajstić information content (AvgIpc) is 2.66. The highest BCUT2D eigenvalue weighted by atomic mass is 16.4. The summed E-state index contributed by atoms with van der Waals surface area (Å²) in [7, 11) is 0. The number of carbonyl (C=O) groups excluding carboxylic acids is 3. The molecule has 0 rings (SSSR count). The molecule has 0 heterocycles. The number of carboxylic acids is 4. The van der Waals surface area contributed by atoms with Crippen molar-refractivity contribution in [1.29, 1.82) is 0 Å². The third-order valence-corrected chi connectivity index (χ3v) is 3.76. The number of aliphatic carboxylic acids is 4. The van der Waals surface area contributed by atoms with Gasteiger partial charge in [0.2, 0.25) is 17.7 Å². The molecule has 0 aromatic heterocycles. The zero-order chi connectivity index (χ0) is 24.1. The zero-order valence-corrected chi connectivity index (χ0v) is 16.2. The van der Waals surface area contributed by atoms with E-state index in [1.165, 1.54) is 0 Å². The highest BCUT2D eigenvalue weighted by molar-refractivity contribution is 5.95. The van der Waals surface area contributed by atoms with E-state index >= 15 is 0 Å². The molecule has 0 aliphatic rings. The van der Waals surface area contributed by atoms with Gasteiger partial charge in [0.1, 0.15) is 18.1 Å². The first-order valence-electron chi connectivity index (χ1n) is 8.85. The molecule has 3 unspecified atom stereocenters. The lowest BCUT2D eigenvalue weighted by atomic mass is 10.1. The van der Waals surface area contributed by atoms with E-state index in [0.717, 1.165) is 0 Å². The molecule has 0 aromatic carbocycles. The second kappa shape index (κ2) is 13.5. The van der Waals surface area contributed by atoms with Crippen molar-refractivity contribution < 1.29 is 54.0 Å². The quantitative estimate of drug-likeness (QED) is 0.122. The lowest BCUT2D eigenvalue weighted by Gasteiger charge is -2.23. The molecule has 0 aliphatic carbocycles. The summed E-state index contributed by atoms with van der Waals surface area (Å²) < 4.78 is 0. The van der Waals surface area contributed by atoms with E-state index in [0.29, 0.717) is 0 Å². The molecule has 0 saturated carbocycles. The Hall–Kier alpha value is -3.75. The number of carboxylic acid groups (broad SMARTS) is 4. The van der Waals surface area contributed by atoms with Crippen molar-refractivity contribution in [3.05, 3.63) is 0 Å². The van der Waals surface area contributed by atoms with Crippen molar-refractivity contribution in [3.8, 4) is 0 Å². The van der Waals surface area contributed by atoms with Gasteiger partial charge in [-0.2, -0.15) is 0 Å². The first kappa shape index (κ1) is 27.2. The summed E-state index contributed by atoms with van der Waals surface area (Å²) in [4.78, 5) is 79.8. The first-order chi connectivity index (χ1) is 14.4. The number of hydrogen-bond donors (Lipinski definition) is 8. The summed E-state index contributed by atoms with van der Waals surface area (Å²) in [6, 6.07) is -4.89. The normalized spacial score (nSPS) is 13.2. The Morgan fingerprint density at radius 1 is 0.645 bits per heavy atom. The van der Waals surface area contributed by atoms with Crippen LogP contribution in [0, 0.1) is 0 Å². The maximum absolute atomic E-state index is 12.4. The van der Waals surface area contributed by atoms with Gasteiger partial charge in [-0.3, -0.25) is 28.8 Å². The molecule has 0 aliphatic heterocycles. The molecule has 0 radical (unpaired) electrons. The summed E-state index contributed by atoms with van der Waals surface area (Å²) in [5.74, 6) is -8.83. The van der Waals surface area contributed by atoms with E-state index in [1.807, 2.05) is 10.6 Å². The largest absolute Gasteiger partial charge is 0.481 e. The van der Waals surface area contributed by atoms with Crippen LogP contribution in [0.3, 0.4) is 0 Å². The lowest BCUT2D eigenvalue weighted by molar-refractivity contribution is -0.144. The van der Waals surface area contributed by atoms with Gasteiger partial charge in [0.05, 0.1) is 13.0 Å². The van der Waals surface area contributed by atoms with Gasteiger partial charge in [0, 0.05) is 12.8 Å². The summed E-state index contributed by atoms with van der Waals surface area (Å²) in [6.45, 7) is -0.559. The number of nitrogens with one attached hydrogen (secondary N) is 3. The Morgan fingerprint density at radius 3 is 1.52 bits per heavy atom. The van der Waals surface area contributed by atoms with Crippen LogP contribution in [0.15, 0.2) is 0 Å². The molecule has 9 N–H and O–H groups in total. The molecule has 15 heteroatoms. The Bertz CT molecular complexity index is 724. The Kier molecular flexibility index (Phi) is 11.8. The van der Waals surface area contributed by atoms with Crippen LogP contribution in [0.2, 0.25) is 0 Å². The first-order valence-corrected chi connectivity index (χ1v) is 8.85. The minimum Gasteiger partial charge on any atom is -0.481 e. The maximum Gasteiger partial charge on any atom is 0.326 e. The van der Waals surface area contributed by atoms with Crippen LogP contribution in [-0.2, 0) is 33.6 Å². The number of amides is 3. The van der Waals surface area contributed by atoms with Crippen LogP contribution >= 0.6 is 0 Å². The van der Waals surface area contributed by atoms with Crippen LogP contribution in [0.1, 0.15) is 32.1 Å². The molecule has 3 amide bonds. The van der Waals surface area contributed by atoms with Crippen molar-refractivity contribution in [2.24, 2.45) is 5.73 Å². The van der Waals surface area contributed by atoms with Gasteiger partial charge in [0.15, 0.2) is 0 Å². The molecule has 0 fully saturated rings. The third kappa shape index (κ3) is 11.7. The van der Waals surface area contributed by atoms with Crippen LogP contribution in [-0.4, -0.2) is 86.7 Å². The van der Waals surface area contributed by atoms with Crippen molar-refractivity contribution >= 4 is 41.6 Å². The van der Waals surface area contributed by atoms with E-state index < -0.39 is 98.4 Å². The van der Waals surface area contributed by atoms with Crippen molar-refractivity contribution in [2.45, 2.75) is 50.2 Å². The maximum atomic E-state index is 12.4. The molecule has 174 valence electrons. The van der Waals surface area contributed by atoms with Crippen LogP contribution in [0.25, 0.3) is 0 Å². The lowest BCUT2D eigenvalue weighted by Crippen LogP contribution is -2.56. The van der Waals surface area contributed by atoms with Crippen LogP contribution < -0.4 is 21.7 Å². The van der Waals surface area contributed by atoms with Crippen LogP contribution in [0.4, 0.5) is 0 Å². The van der Waals surface area contributed by atoms with Gasteiger partial charge >= 0.3 is 23.9 Å². The van der Waals surface area contributed by atoms with Gasteiger partial charge in [-0.15, -0.1) is 0 Å². The van der Waals surface area contributed by atoms with E-state index in [1.54, 1.807) is 0 Å². The van der Waals surface area contributed by atoms with E-state index in [2.05, 4.69) is 5.32 Å². The average molecular weight is 448 g/mol. The second-order valence-electron chi connectivity index (χ2n) is 6.25. The fraction of sp³-hybridized carbons (Fsp3) is 0.562. The van der Waals surface area contributed by atoms with Crippen molar-refractivity contribution in [1.82, 2.24) is 16.0 Å². The molecule has 31 heavy (non-hydrogen) atoms. The predicted molar refractivity (Wildman–Crippen MR) is 98.5 cm³/mol. The highest BCUT2D eigenvalue weighted by Crippen LogP contribution is 2.04. The Balaban J connectivity index is 5.46. The van der Waals surface area contributed by atoms with Gasteiger partial charge in [-0.05, 0) is 12.8 Å². The molecular formula is C16H24N4O11. The molecule has 15 nitrogen and oxygen atoms in total. The summed E-state index contributed by atoms with van der Waals surface area (Å²) in [5, 5.41) is 41.6. The third-order valence-electron chi connectivity index (χ3n) is 3.76. The Morgan fingerprint density at radius 2 is 1.10 bits per heavy atom. The fourth-order valence-corrected chi connectivity index (χ4v) is 2.24. The number of carbonyl (C=O) groups is 7. The van der Waals surface area contributed by atoms with Crippen LogP contribution in [0.5, 0.6) is 0 Å². The topological polar surface area (TPSA) is 263 Å². The summed E-state index contributed by atoms with van der Waals surface area (Å²) in [5.41, 5.74) is 5.10. The monoisotopic (exact) mass is 448 g/mol. The number of nitrogens with two attached hydrogens (primary N) is 1. The predicted octanol–water partition coefficient (Wildman–Crippen LogP) is -3.31. The second-order valence-corrected chi connectivity index (χ2v) is 6.25. The number of hydrogen-bond acceptors (Lipinski definition) is 8. The standard InChI is InChI=1S/C16H24N4O11/c17-6-10(21)18-9(5-13(26)27)15(29)19-7(1-3-11(22)23)14(28)20-8(16(30)31)2-4-12(24)25/h7-9H,1-6,17H2,(H,18,21)(H,19,29)(H,20,28)(H,22,23)(H,24,25)(H,26,27)(H,30,31). The zero-order valence-electron chi connectivity index (χ0n) is 16.2. The molecule has 0 bridgehead atoms.